The summed E-state index contributed by atoms with van der Waals surface area (Å²) in [5.74, 6) is -0.696. The van der Waals surface area contributed by atoms with E-state index in [1.54, 1.807) is 0 Å². The highest BCUT2D eigenvalue weighted by molar-refractivity contribution is 9.10. The fourth-order valence-electron chi connectivity index (χ4n) is 2.91. The molecule has 1 fully saturated rings. The van der Waals surface area contributed by atoms with Gasteiger partial charge in [0.15, 0.2) is 0 Å². The molecule has 0 aromatic heterocycles. The van der Waals surface area contributed by atoms with Gasteiger partial charge < -0.3 is 5.11 Å². The van der Waals surface area contributed by atoms with E-state index in [0.29, 0.717) is 0 Å². The Labute approximate surface area is 122 Å². The molecule has 2 rings (SSSR count). The van der Waals surface area contributed by atoms with Gasteiger partial charge in [0.05, 0.1) is 6.42 Å². The van der Waals surface area contributed by atoms with Crippen LogP contribution in [0.3, 0.4) is 0 Å². The lowest BCUT2D eigenvalue weighted by Crippen LogP contribution is -2.42. The zero-order valence-electron chi connectivity index (χ0n) is 11.2. The molecule has 1 N–H and O–H groups in total. The number of hydrogen-bond acceptors (Lipinski definition) is 2. The largest absolute Gasteiger partial charge is 0.481 e. The number of carboxylic acid groups (broad SMARTS) is 1. The summed E-state index contributed by atoms with van der Waals surface area (Å²) in [5.41, 5.74) is 1.24. The van der Waals surface area contributed by atoms with E-state index >= 15 is 0 Å². The zero-order chi connectivity index (χ0) is 13.8. The first-order chi connectivity index (χ1) is 9.08. The summed E-state index contributed by atoms with van der Waals surface area (Å²) < 4.78 is 1.07. The van der Waals surface area contributed by atoms with Crippen molar-refractivity contribution in [1.82, 2.24) is 4.90 Å². The monoisotopic (exact) mass is 325 g/mol. The molecule has 0 amide bonds. The number of aliphatic carboxylic acids is 1. The summed E-state index contributed by atoms with van der Waals surface area (Å²) in [5, 5.41) is 9.05. The van der Waals surface area contributed by atoms with Crippen molar-refractivity contribution in [3.8, 4) is 0 Å². The maximum Gasteiger partial charge on any atom is 0.304 e. The van der Waals surface area contributed by atoms with Crippen LogP contribution in [0.4, 0.5) is 0 Å². The first-order valence-corrected chi connectivity index (χ1v) is 7.60. The van der Waals surface area contributed by atoms with Crippen LogP contribution in [-0.4, -0.2) is 28.6 Å². The maximum absolute atomic E-state index is 11.0. The highest BCUT2D eigenvalue weighted by Gasteiger charge is 2.28. The van der Waals surface area contributed by atoms with Gasteiger partial charge in [-0.3, -0.25) is 9.69 Å². The Kier molecular flexibility index (Phi) is 4.99. The number of hydrogen-bond donors (Lipinski definition) is 1. The first-order valence-electron chi connectivity index (χ1n) is 6.81. The van der Waals surface area contributed by atoms with E-state index in [1.807, 2.05) is 12.1 Å². The first kappa shape index (κ1) is 14.5. The molecule has 1 aromatic carbocycles. The lowest BCUT2D eigenvalue weighted by atomic mass is 9.95. The molecule has 1 heterocycles. The van der Waals surface area contributed by atoms with E-state index in [-0.39, 0.29) is 18.5 Å². The average Bonchev–Trinajstić information content (AvgIpc) is 2.38. The number of carboxylic acids is 1. The second-order valence-corrected chi connectivity index (χ2v) is 6.13. The van der Waals surface area contributed by atoms with Gasteiger partial charge in [-0.2, -0.15) is 0 Å². The lowest BCUT2D eigenvalue weighted by molar-refractivity contribution is -0.139. The Morgan fingerprint density at radius 2 is 2.32 bits per heavy atom. The molecule has 3 nitrogen and oxygen atoms in total. The molecule has 4 heteroatoms. The molecular weight excluding hydrogens is 306 g/mol. The van der Waals surface area contributed by atoms with Crippen molar-refractivity contribution in [2.24, 2.45) is 0 Å². The fourth-order valence-corrected chi connectivity index (χ4v) is 3.33. The highest BCUT2D eigenvalue weighted by Crippen LogP contribution is 2.30. The van der Waals surface area contributed by atoms with E-state index in [2.05, 4.69) is 39.9 Å². The molecule has 19 heavy (non-hydrogen) atoms. The number of nitrogens with zero attached hydrogens (tertiary/aromatic N) is 1. The van der Waals surface area contributed by atoms with Crippen molar-refractivity contribution in [1.29, 1.82) is 0 Å². The van der Waals surface area contributed by atoms with E-state index in [0.717, 1.165) is 30.3 Å². The minimum Gasteiger partial charge on any atom is -0.481 e. The molecule has 0 saturated carbocycles. The van der Waals surface area contributed by atoms with Gasteiger partial charge in [0, 0.05) is 16.6 Å². The van der Waals surface area contributed by atoms with Crippen LogP contribution in [0.5, 0.6) is 0 Å². The summed E-state index contributed by atoms with van der Waals surface area (Å²) in [6.45, 7) is 3.16. The fraction of sp³-hybridized carbons (Fsp3) is 0.533. The van der Waals surface area contributed by atoms with Gasteiger partial charge in [-0.05, 0) is 44.0 Å². The summed E-state index contributed by atoms with van der Waals surface area (Å²) >= 11 is 3.50. The summed E-state index contributed by atoms with van der Waals surface area (Å²) in [4.78, 5) is 13.3. The van der Waals surface area contributed by atoms with Gasteiger partial charge in [-0.1, -0.05) is 34.5 Å². The van der Waals surface area contributed by atoms with Gasteiger partial charge in [0.25, 0.3) is 0 Å². The number of halogens is 1. The second kappa shape index (κ2) is 6.53. The number of rotatable bonds is 4. The maximum atomic E-state index is 11.0. The predicted molar refractivity (Wildman–Crippen MR) is 79.2 cm³/mol. The van der Waals surface area contributed by atoms with Crippen molar-refractivity contribution in [2.75, 3.05) is 6.54 Å². The van der Waals surface area contributed by atoms with Crippen molar-refractivity contribution < 1.29 is 9.90 Å². The van der Waals surface area contributed by atoms with Crippen LogP contribution in [0.25, 0.3) is 0 Å². The van der Waals surface area contributed by atoms with Crippen LogP contribution in [0, 0.1) is 0 Å². The van der Waals surface area contributed by atoms with Crippen LogP contribution in [0.15, 0.2) is 28.7 Å². The van der Waals surface area contributed by atoms with Crippen molar-refractivity contribution in [2.45, 2.75) is 44.7 Å². The molecule has 0 radical (unpaired) electrons. The minimum atomic E-state index is -0.696. The van der Waals surface area contributed by atoms with Gasteiger partial charge in [-0.25, -0.2) is 0 Å². The Balaban J connectivity index is 2.14. The molecule has 0 spiro atoms. The summed E-state index contributed by atoms with van der Waals surface area (Å²) in [6, 6.07) is 8.72. The molecular formula is C15H20BrNO2. The van der Waals surface area contributed by atoms with Crippen LogP contribution < -0.4 is 0 Å². The molecule has 1 aliphatic heterocycles. The third-order valence-electron chi connectivity index (χ3n) is 3.91. The topological polar surface area (TPSA) is 40.5 Å². The van der Waals surface area contributed by atoms with E-state index in [4.69, 9.17) is 5.11 Å². The Morgan fingerprint density at radius 3 is 3.00 bits per heavy atom. The molecule has 2 unspecified atom stereocenters. The number of likely N-dealkylation sites (tertiary alicyclic amines) is 1. The quantitative estimate of drug-likeness (QED) is 0.914. The Hall–Kier alpha value is -0.870. The Morgan fingerprint density at radius 1 is 1.53 bits per heavy atom. The lowest BCUT2D eigenvalue weighted by Gasteiger charge is -2.39. The van der Waals surface area contributed by atoms with Crippen LogP contribution in [0.2, 0.25) is 0 Å². The van der Waals surface area contributed by atoms with Crippen LogP contribution in [0.1, 0.15) is 44.2 Å². The minimum absolute atomic E-state index is 0.167. The van der Waals surface area contributed by atoms with Crippen molar-refractivity contribution >= 4 is 21.9 Å². The molecule has 0 bridgehead atoms. The summed E-state index contributed by atoms with van der Waals surface area (Å²) in [7, 11) is 0. The zero-order valence-corrected chi connectivity index (χ0v) is 12.8. The average molecular weight is 326 g/mol. The molecule has 0 aliphatic carbocycles. The van der Waals surface area contributed by atoms with Gasteiger partial charge in [0.2, 0.25) is 0 Å². The molecule has 104 valence electrons. The molecule has 1 aliphatic rings. The smallest absolute Gasteiger partial charge is 0.304 e. The third kappa shape index (κ3) is 3.80. The number of piperidine rings is 1. The van der Waals surface area contributed by atoms with E-state index in [9.17, 15) is 4.79 Å². The third-order valence-corrected chi connectivity index (χ3v) is 4.40. The highest BCUT2D eigenvalue weighted by atomic mass is 79.9. The normalized spacial score (nSPS) is 22.1. The number of benzene rings is 1. The van der Waals surface area contributed by atoms with E-state index < -0.39 is 5.97 Å². The predicted octanol–water partition coefficient (Wildman–Crippen LogP) is 3.84. The molecule has 1 aromatic rings. The SMILES string of the molecule is CC(c1cccc(Br)c1)N1CCCCC1CC(=O)O. The second-order valence-electron chi connectivity index (χ2n) is 5.22. The van der Waals surface area contributed by atoms with Crippen LogP contribution in [-0.2, 0) is 4.79 Å². The van der Waals surface area contributed by atoms with E-state index in [1.165, 1.54) is 5.56 Å². The van der Waals surface area contributed by atoms with Crippen LogP contribution >= 0.6 is 15.9 Å². The van der Waals surface area contributed by atoms with Crippen molar-refractivity contribution in [3.63, 3.8) is 0 Å². The van der Waals surface area contributed by atoms with Crippen molar-refractivity contribution in [3.05, 3.63) is 34.3 Å². The van der Waals surface area contributed by atoms with Gasteiger partial charge in [-0.15, -0.1) is 0 Å². The standard InChI is InChI=1S/C15H20BrNO2/c1-11(12-5-4-6-13(16)9-12)17-8-3-2-7-14(17)10-15(18)19/h4-6,9,11,14H,2-3,7-8,10H2,1H3,(H,18,19). The summed E-state index contributed by atoms with van der Waals surface area (Å²) in [6.07, 6.45) is 3.54. The van der Waals surface area contributed by atoms with Gasteiger partial charge >= 0.3 is 5.97 Å². The molecule has 1 saturated heterocycles. The molecule has 2 atom stereocenters. The Bertz CT molecular complexity index is 450. The van der Waals surface area contributed by atoms with Gasteiger partial charge in [0.1, 0.15) is 0 Å². The number of carbonyl (C=O) groups is 1.